The van der Waals surface area contributed by atoms with Gasteiger partial charge in [0.05, 0.1) is 0 Å². The molecule has 0 N–H and O–H groups in total. The van der Waals surface area contributed by atoms with E-state index in [-0.39, 0.29) is 0 Å². The number of hydrogen-bond donors (Lipinski definition) is 0. The topological polar surface area (TPSA) is 17.1 Å². The first-order valence-corrected chi connectivity index (χ1v) is 6.59. The van der Waals surface area contributed by atoms with Crippen molar-refractivity contribution in [1.29, 1.82) is 0 Å². The third-order valence-electron chi connectivity index (χ3n) is 2.12. The minimum atomic E-state index is 0.741. The number of carbonyl (C=O) groups is 1. The molecule has 0 aromatic heterocycles. The molecule has 0 bridgehead atoms. The van der Waals surface area contributed by atoms with E-state index < -0.39 is 0 Å². The number of carbonyl (C=O) groups excluding carboxylic acids is 1. The molecular formula is C11H14GeO. The Bertz CT molecular complexity index is 329. The first-order valence-electron chi connectivity index (χ1n) is 4.49. The molecule has 0 saturated carbocycles. The van der Waals surface area contributed by atoms with Gasteiger partial charge in [-0.1, -0.05) is 0 Å². The molecule has 1 nitrogen and oxygen atoms in total. The van der Waals surface area contributed by atoms with Gasteiger partial charge in [-0.15, -0.1) is 0 Å². The molecule has 0 aliphatic rings. The van der Waals surface area contributed by atoms with Gasteiger partial charge in [0.2, 0.25) is 0 Å². The molecule has 68 valence electrons. The molecule has 1 aromatic carbocycles. The van der Waals surface area contributed by atoms with E-state index in [1.165, 1.54) is 16.0 Å². The summed E-state index contributed by atoms with van der Waals surface area (Å²) < 4.78 is 1.50. The summed E-state index contributed by atoms with van der Waals surface area (Å²) in [6.07, 6.45) is 5.27. The molecule has 1 aromatic rings. The Kier molecular flexibility index (Phi) is 3.96. The summed E-state index contributed by atoms with van der Waals surface area (Å²) in [5.41, 5.74) is 2.55. The Morgan fingerprint density at radius 2 is 2.23 bits per heavy atom. The summed E-state index contributed by atoms with van der Waals surface area (Å²) in [5, 5.41) is 0. The number of aldehydes is 1. The number of hydrogen-bond acceptors (Lipinski definition) is 1. The van der Waals surface area contributed by atoms with E-state index in [0.717, 1.165) is 34.8 Å². The van der Waals surface area contributed by atoms with Crippen LogP contribution < -0.4 is 4.40 Å². The van der Waals surface area contributed by atoms with Gasteiger partial charge in [0.25, 0.3) is 0 Å². The van der Waals surface area contributed by atoms with E-state index in [0.29, 0.717) is 0 Å². The van der Waals surface area contributed by atoms with Crippen molar-refractivity contribution in [2.75, 3.05) is 0 Å². The van der Waals surface area contributed by atoms with Crippen LogP contribution in [-0.2, 0) is 11.2 Å². The molecular weight excluding hydrogens is 221 g/mol. The molecule has 0 saturated heterocycles. The molecule has 0 aliphatic heterocycles. The quantitative estimate of drug-likeness (QED) is 0.422. The number of rotatable bonds is 3. The molecule has 13 heavy (non-hydrogen) atoms. The van der Waals surface area contributed by atoms with Crippen LogP contribution in [0.4, 0.5) is 0 Å². The third-order valence-corrected chi connectivity index (χ3v) is 4.17. The second kappa shape index (κ2) is 5.02. The van der Waals surface area contributed by atoms with Gasteiger partial charge in [-0.3, -0.25) is 0 Å². The van der Waals surface area contributed by atoms with Crippen LogP contribution in [-0.4, -0.2) is 22.8 Å². The van der Waals surface area contributed by atoms with Crippen LogP contribution in [0.5, 0.6) is 0 Å². The zero-order chi connectivity index (χ0) is 9.68. The van der Waals surface area contributed by atoms with Gasteiger partial charge in [-0.05, 0) is 0 Å². The van der Waals surface area contributed by atoms with Crippen LogP contribution in [0.2, 0.25) is 0 Å². The van der Waals surface area contributed by atoms with Crippen LogP contribution in [0.1, 0.15) is 18.1 Å². The Balaban J connectivity index is 2.99. The molecule has 2 heteroatoms. The van der Waals surface area contributed by atoms with Crippen molar-refractivity contribution in [3.63, 3.8) is 0 Å². The van der Waals surface area contributed by atoms with Crippen molar-refractivity contribution in [3.05, 3.63) is 35.4 Å². The summed E-state index contributed by atoms with van der Waals surface area (Å²) in [7, 11) is 0. The van der Waals surface area contributed by atoms with Crippen molar-refractivity contribution in [2.45, 2.75) is 13.3 Å². The van der Waals surface area contributed by atoms with Gasteiger partial charge in [0, 0.05) is 0 Å². The molecule has 0 aliphatic carbocycles. The molecule has 0 spiro atoms. The third kappa shape index (κ3) is 2.85. The summed E-state index contributed by atoms with van der Waals surface area (Å²) in [4.78, 5) is 10.1. The van der Waals surface area contributed by atoms with E-state index in [4.69, 9.17) is 0 Å². The van der Waals surface area contributed by atoms with Crippen molar-refractivity contribution in [2.24, 2.45) is 0 Å². The molecule has 0 amide bonds. The van der Waals surface area contributed by atoms with E-state index in [1.54, 1.807) is 0 Å². The molecule has 1 rings (SSSR count). The Morgan fingerprint density at radius 1 is 1.46 bits per heavy atom. The Labute approximate surface area is 87.1 Å². The Hall–Kier alpha value is -0.827. The second-order valence-electron chi connectivity index (χ2n) is 3.03. The maximum absolute atomic E-state index is 10.1. The van der Waals surface area contributed by atoms with E-state index >= 15 is 0 Å². The second-order valence-corrected chi connectivity index (χ2v) is 5.30. The zero-order valence-electron chi connectivity index (χ0n) is 8.08. The van der Waals surface area contributed by atoms with Crippen molar-refractivity contribution >= 4 is 33.3 Å². The fourth-order valence-electron chi connectivity index (χ4n) is 1.33. The first-order chi connectivity index (χ1) is 6.27. The standard InChI is InChI=1S/C11H14GeO/c1-2-10-8-9(4-3-7-13)5-6-11(10)12/h3-8H,2H2,1,12H3. The van der Waals surface area contributed by atoms with Gasteiger partial charge in [0.1, 0.15) is 0 Å². The van der Waals surface area contributed by atoms with Crippen LogP contribution in [0.15, 0.2) is 24.3 Å². The van der Waals surface area contributed by atoms with Crippen molar-refractivity contribution < 1.29 is 4.79 Å². The van der Waals surface area contributed by atoms with Crippen LogP contribution in [0.3, 0.4) is 0 Å². The van der Waals surface area contributed by atoms with Crippen molar-refractivity contribution in [3.8, 4) is 0 Å². The fourth-order valence-corrected chi connectivity index (χ4v) is 2.72. The SMILES string of the molecule is CCc1cc(C=CC=O)cc[c]1[GeH3]. The van der Waals surface area contributed by atoms with Crippen LogP contribution >= 0.6 is 0 Å². The molecule has 0 unspecified atom stereocenters. The van der Waals surface area contributed by atoms with Gasteiger partial charge < -0.3 is 0 Å². The van der Waals surface area contributed by atoms with Crippen LogP contribution in [0, 0.1) is 0 Å². The van der Waals surface area contributed by atoms with E-state index in [2.05, 4.69) is 25.1 Å². The summed E-state index contributed by atoms with van der Waals surface area (Å²) in [5.74, 6) is 0. The normalized spacial score (nSPS) is 10.8. The minimum absolute atomic E-state index is 0.741. The Morgan fingerprint density at radius 3 is 2.85 bits per heavy atom. The summed E-state index contributed by atoms with van der Waals surface area (Å²) in [6.45, 7) is 2.16. The number of benzene rings is 1. The van der Waals surface area contributed by atoms with Crippen molar-refractivity contribution in [1.82, 2.24) is 0 Å². The van der Waals surface area contributed by atoms with Gasteiger partial charge in [-0.25, -0.2) is 0 Å². The molecule has 0 atom stereocenters. The van der Waals surface area contributed by atoms with Gasteiger partial charge >= 0.3 is 86.8 Å². The van der Waals surface area contributed by atoms with E-state index in [1.807, 2.05) is 6.08 Å². The number of allylic oxidation sites excluding steroid dienone is 1. The van der Waals surface area contributed by atoms with Gasteiger partial charge in [-0.2, -0.15) is 0 Å². The summed E-state index contributed by atoms with van der Waals surface area (Å²) in [6, 6.07) is 6.41. The molecule has 0 fully saturated rings. The summed E-state index contributed by atoms with van der Waals surface area (Å²) >= 11 is 0.741. The average molecular weight is 235 g/mol. The van der Waals surface area contributed by atoms with Crippen LogP contribution in [0.25, 0.3) is 6.08 Å². The maximum atomic E-state index is 10.1. The number of aryl methyl sites for hydroxylation is 1. The monoisotopic (exact) mass is 236 g/mol. The molecule has 0 heterocycles. The predicted octanol–water partition coefficient (Wildman–Crippen LogP) is 0.452. The zero-order valence-corrected chi connectivity index (χ0v) is 12.3. The van der Waals surface area contributed by atoms with Gasteiger partial charge in [0.15, 0.2) is 0 Å². The van der Waals surface area contributed by atoms with E-state index in [9.17, 15) is 4.79 Å². The first kappa shape index (κ1) is 10.3. The molecule has 0 radical (unpaired) electrons. The predicted molar refractivity (Wildman–Crippen MR) is 60.5 cm³/mol. The average Bonchev–Trinajstić information content (AvgIpc) is 2.16. The fraction of sp³-hybridized carbons (Fsp3) is 0.182.